The summed E-state index contributed by atoms with van der Waals surface area (Å²) in [5, 5.41) is 0. The van der Waals surface area contributed by atoms with Crippen LogP contribution in [-0.4, -0.2) is 0 Å². The van der Waals surface area contributed by atoms with Crippen LogP contribution in [0.5, 0.6) is 11.5 Å². The molecule has 3 rings (SSSR count). The second kappa shape index (κ2) is 10.7. The lowest BCUT2D eigenvalue weighted by Gasteiger charge is -2.20. The normalized spacial score (nSPS) is 12.3. The van der Waals surface area contributed by atoms with Crippen LogP contribution >= 0.6 is 11.8 Å². The van der Waals surface area contributed by atoms with E-state index in [1.165, 1.54) is 86.0 Å². The minimum absolute atomic E-state index is 0.979. The molecule has 0 amide bonds. The number of fused-ring (bicyclic) bond motifs is 2. The zero-order chi connectivity index (χ0) is 18.0. The molecular formula is C24H32OS. The van der Waals surface area contributed by atoms with Gasteiger partial charge in [0.25, 0.3) is 0 Å². The van der Waals surface area contributed by atoms with Crippen molar-refractivity contribution in [3.63, 3.8) is 0 Å². The van der Waals surface area contributed by atoms with Crippen molar-refractivity contribution in [2.45, 2.75) is 87.3 Å². The summed E-state index contributed by atoms with van der Waals surface area (Å²) in [4.78, 5) is 2.48. The van der Waals surface area contributed by atoms with Crippen molar-refractivity contribution in [2.75, 3.05) is 0 Å². The van der Waals surface area contributed by atoms with Crippen LogP contribution in [0, 0.1) is 0 Å². The largest absolute Gasteiger partial charge is 0.455 e. The topological polar surface area (TPSA) is 9.23 Å². The molecule has 0 saturated heterocycles. The molecule has 140 valence electrons. The van der Waals surface area contributed by atoms with E-state index in [4.69, 9.17) is 4.74 Å². The summed E-state index contributed by atoms with van der Waals surface area (Å²) in [6.45, 7) is 2.28. The van der Waals surface area contributed by atoms with Gasteiger partial charge in [-0.3, -0.25) is 0 Å². The predicted octanol–water partition coefficient (Wildman–Crippen LogP) is 8.41. The fourth-order valence-electron chi connectivity index (χ4n) is 3.54. The molecule has 0 unspecified atom stereocenters. The first-order chi connectivity index (χ1) is 12.9. The van der Waals surface area contributed by atoms with Crippen molar-refractivity contribution >= 4 is 11.8 Å². The average Bonchev–Trinajstić information content (AvgIpc) is 2.67. The Morgan fingerprint density at radius 2 is 1.35 bits per heavy atom. The fourth-order valence-corrected chi connectivity index (χ4v) is 4.56. The molecule has 2 aromatic carbocycles. The standard InChI is InChI=1S/C24H32OS/c1-2-3-4-5-6-7-8-9-10-11-14-20-17-18-22-24(19-20)26-23-16-13-12-15-21(23)25-22/h12-13,15-19H,2-11,14H2,1H3. The highest BCUT2D eigenvalue weighted by Gasteiger charge is 2.17. The number of hydrogen-bond donors (Lipinski definition) is 0. The van der Waals surface area contributed by atoms with E-state index in [-0.39, 0.29) is 0 Å². The first kappa shape index (κ1) is 19.4. The van der Waals surface area contributed by atoms with Crippen LogP contribution in [0.4, 0.5) is 0 Å². The van der Waals surface area contributed by atoms with Gasteiger partial charge in [0.15, 0.2) is 0 Å². The van der Waals surface area contributed by atoms with E-state index in [9.17, 15) is 0 Å². The fraction of sp³-hybridized carbons (Fsp3) is 0.500. The first-order valence-electron chi connectivity index (χ1n) is 10.4. The van der Waals surface area contributed by atoms with Crippen LogP contribution in [0.3, 0.4) is 0 Å². The van der Waals surface area contributed by atoms with E-state index in [1.54, 1.807) is 0 Å². The molecule has 1 aliphatic heterocycles. The molecule has 1 nitrogen and oxygen atoms in total. The minimum Gasteiger partial charge on any atom is -0.455 e. The summed E-state index contributed by atoms with van der Waals surface area (Å²) in [5.41, 5.74) is 1.44. The van der Waals surface area contributed by atoms with Crippen molar-refractivity contribution in [3.05, 3.63) is 48.0 Å². The smallest absolute Gasteiger partial charge is 0.141 e. The van der Waals surface area contributed by atoms with Gasteiger partial charge >= 0.3 is 0 Å². The molecule has 2 heteroatoms. The van der Waals surface area contributed by atoms with Gasteiger partial charge in [0.1, 0.15) is 11.5 Å². The van der Waals surface area contributed by atoms with E-state index >= 15 is 0 Å². The Morgan fingerprint density at radius 3 is 2.12 bits per heavy atom. The Labute approximate surface area is 163 Å². The Balaban J connectivity index is 1.34. The molecule has 0 atom stereocenters. The van der Waals surface area contributed by atoms with Gasteiger partial charge in [-0.1, -0.05) is 94.7 Å². The van der Waals surface area contributed by atoms with Crippen molar-refractivity contribution in [1.29, 1.82) is 0 Å². The van der Waals surface area contributed by atoms with Crippen molar-refractivity contribution < 1.29 is 4.74 Å². The quantitative estimate of drug-likeness (QED) is 0.314. The lowest BCUT2D eigenvalue weighted by atomic mass is 10.0. The minimum atomic E-state index is 0.979. The summed E-state index contributed by atoms with van der Waals surface area (Å²) < 4.78 is 6.02. The lowest BCUT2D eigenvalue weighted by Crippen LogP contribution is -1.96. The van der Waals surface area contributed by atoms with Gasteiger partial charge < -0.3 is 4.74 Å². The Hall–Kier alpha value is -1.41. The van der Waals surface area contributed by atoms with Crippen LogP contribution in [-0.2, 0) is 6.42 Å². The zero-order valence-corrected chi connectivity index (χ0v) is 17.0. The van der Waals surface area contributed by atoms with E-state index in [2.05, 4.69) is 37.3 Å². The molecule has 0 aliphatic carbocycles. The van der Waals surface area contributed by atoms with E-state index in [0.29, 0.717) is 0 Å². The summed E-state index contributed by atoms with van der Waals surface area (Å²) >= 11 is 1.83. The van der Waals surface area contributed by atoms with Crippen LogP contribution < -0.4 is 4.74 Å². The maximum absolute atomic E-state index is 6.02. The number of hydrogen-bond acceptors (Lipinski definition) is 2. The molecule has 1 aliphatic rings. The van der Waals surface area contributed by atoms with Crippen LogP contribution in [0.25, 0.3) is 0 Å². The monoisotopic (exact) mass is 368 g/mol. The van der Waals surface area contributed by atoms with E-state index < -0.39 is 0 Å². The molecule has 26 heavy (non-hydrogen) atoms. The van der Waals surface area contributed by atoms with Crippen LogP contribution in [0.1, 0.15) is 76.7 Å². The maximum Gasteiger partial charge on any atom is 0.141 e. The molecule has 0 fully saturated rings. The molecule has 2 aromatic rings. The molecule has 0 radical (unpaired) electrons. The Bertz CT molecular complexity index is 680. The highest BCUT2D eigenvalue weighted by molar-refractivity contribution is 7.99. The Morgan fingerprint density at radius 1 is 0.692 bits per heavy atom. The van der Waals surface area contributed by atoms with Crippen LogP contribution in [0.2, 0.25) is 0 Å². The van der Waals surface area contributed by atoms with Gasteiger partial charge in [0.2, 0.25) is 0 Å². The summed E-state index contributed by atoms with van der Waals surface area (Å²) in [5.74, 6) is 1.98. The zero-order valence-electron chi connectivity index (χ0n) is 16.1. The maximum atomic E-state index is 6.02. The third kappa shape index (κ3) is 5.81. The first-order valence-corrected chi connectivity index (χ1v) is 11.3. The van der Waals surface area contributed by atoms with Crippen molar-refractivity contribution in [1.82, 2.24) is 0 Å². The third-order valence-corrected chi connectivity index (χ3v) is 6.21. The summed E-state index contributed by atoms with van der Waals surface area (Å²) in [7, 11) is 0. The highest BCUT2D eigenvalue weighted by atomic mass is 32.2. The number of unbranched alkanes of at least 4 members (excludes halogenated alkanes) is 9. The molecule has 0 spiro atoms. The van der Waals surface area contributed by atoms with Crippen LogP contribution in [0.15, 0.2) is 52.3 Å². The third-order valence-electron chi connectivity index (χ3n) is 5.12. The highest BCUT2D eigenvalue weighted by Crippen LogP contribution is 2.47. The lowest BCUT2D eigenvalue weighted by molar-refractivity contribution is 0.454. The summed E-state index contributed by atoms with van der Waals surface area (Å²) in [6.07, 6.45) is 15.1. The number of benzene rings is 2. The number of rotatable bonds is 11. The van der Waals surface area contributed by atoms with Gasteiger partial charge in [-0.25, -0.2) is 0 Å². The van der Waals surface area contributed by atoms with E-state index in [1.807, 2.05) is 23.9 Å². The van der Waals surface area contributed by atoms with Crippen molar-refractivity contribution in [3.8, 4) is 11.5 Å². The average molecular weight is 369 g/mol. The van der Waals surface area contributed by atoms with Gasteiger partial charge in [0.05, 0.1) is 9.79 Å². The van der Waals surface area contributed by atoms with Gasteiger partial charge in [-0.05, 0) is 42.7 Å². The van der Waals surface area contributed by atoms with Gasteiger partial charge in [-0.15, -0.1) is 0 Å². The molecule has 0 aromatic heterocycles. The Kier molecular flexibility index (Phi) is 7.94. The van der Waals surface area contributed by atoms with Gasteiger partial charge in [-0.2, -0.15) is 0 Å². The number of aryl methyl sites for hydroxylation is 1. The molecule has 0 N–H and O–H groups in total. The predicted molar refractivity (Wildman–Crippen MR) is 113 cm³/mol. The SMILES string of the molecule is CCCCCCCCCCCCc1ccc2c(c1)Sc1ccccc1O2. The second-order valence-corrected chi connectivity index (χ2v) is 8.45. The molecular weight excluding hydrogens is 336 g/mol. The number of ether oxygens (including phenoxy) is 1. The molecule has 0 saturated carbocycles. The molecule has 0 bridgehead atoms. The second-order valence-electron chi connectivity index (χ2n) is 7.36. The van der Waals surface area contributed by atoms with Gasteiger partial charge in [0, 0.05) is 0 Å². The van der Waals surface area contributed by atoms with E-state index in [0.717, 1.165) is 11.5 Å². The molecule has 1 heterocycles. The van der Waals surface area contributed by atoms with Crippen molar-refractivity contribution in [2.24, 2.45) is 0 Å². The summed E-state index contributed by atoms with van der Waals surface area (Å²) in [6, 6.07) is 15.0. The number of para-hydroxylation sites is 1.